The first-order valence-corrected chi connectivity index (χ1v) is 22.4. The molecule has 1 amide bonds. The van der Waals surface area contributed by atoms with Crippen molar-refractivity contribution in [2.45, 2.75) is 232 Å². The van der Waals surface area contributed by atoms with E-state index in [0.717, 1.165) is 83.5 Å². The summed E-state index contributed by atoms with van der Waals surface area (Å²) in [6, 6.07) is -0.711. The molecule has 0 bridgehead atoms. The quantitative estimate of drug-likeness (QED) is 0.0252. The maximum atomic E-state index is 13.1. The third kappa shape index (κ3) is 36.6. The van der Waals surface area contributed by atoms with E-state index in [4.69, 9.17) is 4.74 Å². The predicted molar refractivity (Wildman–Crippen MR) is 227 cm³/mol. The molecule has 0 aliphatic rings. The van der Waals surface area contributed by atoms with Gasteiger partial charge >= 0.3 is 5.97 Å². The van der Waals surface area contributed by atoms with Crippen LogP contribution < -0.4 is 5.32 Å². The topological polar surface area (TPSA) is 95.9 Å². The molecule has 0 spiro atoms. The summed E-state index contributed by atoms with van der Waals surface area (Å²) in [6.07, 6.45) is 47.4. The fourth-order valence-electron chi connectivity index (χ4n) is 6.55. The first-order valence-electron chi connectivity index (χ1n) is 22.4. The number of nitrogens with one attached hydrogen (secondary N) is 1. The van der Waals surface area contributed by atoms with Crippen LogP contribution in [0.5, 0.6) is 0 Å². The zero-order chi connectivity index (χ0) is 38.9. The molecule has 3 unspecified atom stereocenters. The molecule has 0 radical (unpaired) electrons. The summed E-state index contributed by atoms with van der Waals surface area (Å²) in [5.41, 5.74) is 0. The maximum absolute atomic E-state index is 13.1. The highest BCUT2D eigenvalue weighted by Gasteiger charge is 2.24. The van der Waals surface area contributed by atoms with E-state index in [-0.39, 0.29) is 24.9 Å². The van der Waals surface area contributed by atoms with Crippen LogP contribution in [0.1, 0.15) is 213 Å². The smallest absolute Gasteiger partial charge is 0.306 e. The van der Waals surface area contributed by atoms with Crippen LogP contribution in [0, 0.1) is 0 Å². The van der Waals surface area contributed by atoms with Gasteiger partial charge in [-0.15, -0.1) is 0 Å². The number of allylic oxidation sites excluding steroid dienone is 8. The van der Waals surface area contributed by atoms with Crippen LogP contribution >= 0.6 is 0 Å². The Kier molecular flexibility index (Phi) is 39.3. The number of ether oxygens (including phenoxy) is 1. The number of unbranched alkanes of at least 4 members (excludes halogenated alkanes) is 21. The Hall–Kier alpha value is -2.18. The van der Waals surface area contributed by atoms with Crippen molar-refractivity contribution < 1.29 is 24.5 Å². The number of esters is 1. The summed E-state index contributed by atoms with van der Waals surface area (Å²) in [5, 5.41) is 23.6. The van der Waals surface area contributed by atoms with E-state index in [1.807, 2.05) is 0 Å². The second kappa shape index (κ2) is 41.0. The number of rotatable bonds is 39. The molecule has 0 aromatic rings. The average Bonchev–Trinajstić information content (AvgIpc) is 3.15. The van der Waals surface area contributed by atoms with Gasteiger partial charge in [0.15, 0.2) is 0 Å². The molecule has 0 saturated heterocycles. The van der Waals surface area contributed by atoms with Crippen LogP contribution in [0.25, 0.3) is 0 Å². The number of hydrogen-bond acceptors (Lipinski definition) is 5. The van der Waals surface area contributed by atoms with Gasteiger partial charge in [0, 0.05) is 6.42 Å². The van der Waals surface area contributed by atoms with Crippen molar-refractivity contribution in [3.63, 3.8) is 0 Å². The molecule has 6 heteroatoms. The van der Waals surface area contributed by atoms with E-state index in [1.165, 1.54) is 83.5 Å². The molecule has 0 saturated carbocycles. The van der Waals surface area contributed by atoms with Gasteiger partial charge in [0.2, 0.25) is 5.91 Å². The predicted octanol–water partition coefficient (Wildman–Crippen LogP) is 12.7. The second-order valence-corrected chi connectivity index (χ2v) is 15.1. The Morgan fingerprint density at radius 1 is 0.566 bits per heavy atom. The Bertz CT molecular complexity index is 926. The zero-order valence-electron chi connectivity index (χ0n) is 34.9. The van der Waals surface area contributed by atoms with Crippen LogP contribution in [0.3, 0.4) is 0 Å². The molecule has 308 valence electrons. The number of amides is 1. The van der Waals surface area contributed by atoms with E-state index < -0.39 is 18.2 Å². The van der Waals surface area contributed by atoms with Crippen molar-refractivity contribution in [1.29, 1.82) is 0 Å². The van der Waals surface area contributed by atoms with Gasteiger partial charge in [0.1, 0.15) is 6.10 Å². The van der Waals surface area contributed by atoms with Gasteiger partial charge in [-0.1, -0.05) is 185 Å². The average molecular weight is 744 g/mol. The van der Waals surface area contributed by atoms with E-state index >= 15 is 0 Å². The van der Waals surface area contributed by atoms with E-state index in [9.17, 15) is 19.8 Å². The lowest BCUT2D eigenvalue weighted by molar-refractivity contribution is -0.151. The molecule has 3 atom stereocenters. The van der Waals surface area contributed by atoms with Crippen molar-refractivity contribution in [1.82, 2.24) is 5.32 Å². The SMILES string of the molecule is CC/C=C/C=C/C=C\CCCCCCCC(=O)OC(CCC/C=C\CCCCCCCC)CC(=O)NC(CO)C(O)CCCCCCCCCCCC. The first kappa shape index (κ1) is 50.8. The third-order valence-corrected chi connectivity index (χ3v) is 9.95. The monoisotopic (exact) mass is 744 g/mol. The summed E-state index contributed by atoms with van der Waals surface area (Å²) in [4.78, 5) is 25.9. The Balaban J connectivity index is 4.66. The van der Waals surface area contributed by atoms with Gasteiger partial charge < -0.3 is 20.3 Å². The molecular weight excluding hydrogens is 659 g/mol. The van der Waals surface area contributed by atoms with Gasteiger partial charge in [-0.2, -0.15) is 0 Å². The minimum Gasteiger partial charge on any atom is -0.462 e. The fourth-order valence-corrected chi connectivity index (χ4v) is 6.55. The first-order chi connectivity index (χ1) is 26.0. The summed E-state index contributed by atoms with van der Waals surface area (Å²) in [6.45, 7) is 6.30. The van der Waals surface area contributed by atoms with Crippen molar-refractivity contribution in [2.24, 2.45) is 0 Å². The van der Waals surface area contributed by atoms with Crippen LogP contribution in [-0.2, 0) is 14.3 Å². The summed E-state index contributed by atoms with van der Waals surface area (Å²) >= 11 is 0. The Morgan fingerprint density at radius 3 is 1.62 bits per heavy atom. The van der Waals surface area contributed by atoms with E-state index in [0.29, 0.717) is 19.3 Å². The van der Waals surface area contributed by atoms with Gasteiger partial charge in [0.25, 0.3) is 0 Å². The zero-order valence-corrected chi connectivity index (χ0v) is 34.9. The second-order valence-electron chi connectivity index (χ2n) is 15.1. The summed E-state index contributed by atoms with van der Waals surface area (Å²) < 4.78 is 5.87. The molecule has 0 aromatic heterocycles. The fraction of sp³-hybridized carbons (Fsp3) is 0.787. The molecule has 0 fully saturated rings. The van der Waals surface area contributed by atoms with Crippen molar-refractivity contribution >= 4 is 11.9 Å². The molecule has 0 aliphatic carbocycles. The van der Waals surface area contributed by atoms with Crippen molar-refractivity contribution in [3.05, 3.63) is 48.6 Å². The standard InChI is InChI=1S/C47H85NO5/c1-4-7-10-13-16-19-22-23-25-28-31-34-37-40-47(52)53-43(38-35-32-29-26-24-20-17-14-11-8-5-2)41-46(51)48-44(42-49)45(50)39-36-33-30-27-21-18-15-12-9-6-3/h7,10,13,16,19,22,26,29,43-45,49-50H,4-6,8-9,11-12,14-15,17-18,20-21,23-25,27-28,30-42H2,1-3H3,(H,48,51)/b10-7+,16-13+,22-19-,29-26-. The molecule has 3 N–H and O–H groups in total. The van der Waals surface area contributed by atoms with Crippen LogP contribution in [-0.4, -0.2) is 46.9 Å². The van der Waals surface area contributed by atoms with Gasteiger partial charge in [-0.05, 0) is 64.2 Å². The minimum atomic E-state index is -0.795. The molecule has 0 heterocycles. The number of carbonyl (C=O) groups is 2. The highest BCUT2D eigenvalue weighted by molar-refractivity contribution is 5.77. The number of carbonyl (C=O) groups excluding carboxylic acids is 2. The highest BCUT2D eigenvalue weighted by atomic mass is 16.5. The summed E-state index contributed by atoms with van der Waals surface area (Å²) in [5.74, 6) is -0.530. The van der Waals surface area contributed by atoms with Crippen LogP contribution in [0.15, 0.2) is 48.6 Å². The Labute approximate surface area is 327 Å². The van der Waals surface area contributed by atoms with Gasteiger partial charge in [-0.25, -0.2) is 0 Å². The van der Waals surface area contributed by atoms with E-state index in [1.54, 1.807) is 0 Å². The Morgan fingerprint density at radius 2 is 1.06 bits per heavy atom. The van der Waals surface area contributed by atoms with Gasteiger partial charge in [0.05, 0.1) is 25.2 Å². The van der Waals surface area contributed by atoms with Crippen molar-refractivity contribution in [2.75, 3.05) is 6.61 Å². The molecule has 0 rings (SSSR count). The van der Waals surface area contributed by atoms with Crippen LogP contribution in [0.2, 0.25) is 0 Å². The maximum Gasteiger partial charge on any atom is 0.306 e. The highest BCUT2D eigenvalue weighted by Crippen LogP contribution is 2.16. The normalized spacial score (nSPS) is 13.8. The number of aliphatic hydroxyl groups excluding tert-OH is 2. The lowest BCUT2D eigenvalue weighted by atomic mass is 10.0. The minimum absolute atomic E-state index is 0.0479. The third-order valence-electron chi connectivity index (χ3n) is 9.95. The molecular formula is C47H85NO5. The molecule has 0 aromatic carbocycles. The molecule has 0 aliphatic heterocycles. The lowest BCUT2D eigenvalue weighted by Gasteiger charge is -2.24. The molecule has 53 heavy (non-hydrogen) atoms. The number of hydrogen-bond donors (Lipinski definition) is 3. The van der Waals surface area contributed by atoms with Gasteiger partial charge in [-0.3, -0.25) is 9.59 Å². The number of aliphatic hydroxyl groups is 2. The largest absolute Gasteiger partial charge is 0.462 e. The van der Waals surface area contributed by atoms with Crippen LogP contribution in [0.4, 0.5) is 0 Å². The van der Waals surface area contributed by atoms with E-state index in [2.05, 4.69) is 74.7 Å². The lowest BCUT2D eigenvalue weighted by Crippen LogP contribution is -2.46. The van der Waals surface area contributed by atoms with Crippen molar-refractivity contribution in [3.8, 4) is 0 Å². The summed E-state index contributed by atoms with van der Waals surface area (Å²) in [7, 11) is 0. The molecule has 6 nitrogen and oxygen atoms in total.